The number of aliphatic imine (C=N–C) groups is 1. The van der Waals surface area contributed by atoms with E-state index in [1.807, 2.05) is 0 Å². The molecule has 0 heterocycles. The summed E-state index contributed by atoms with van der Waals surface area (Å²) in [6.07, 6.45) is -0.378. The molecule has 0 aliphatic carbocycles. The summed E-state index contributed by atoms with van der Waals surface area (Å²) in [5.74, 6) is -2.00. The van der Waals surface area contributed by atoms with Crippen molar-refractivity contribution < 1.29 is 23.5 Å². The molecule has 5 nitrogen and oxygen atoms in total. The van der Waals surface area contributed by atoms with E-state index in [1.54, 1.807) is 19.1 Å². The number of carbonyl (C=O) groups is 2. The number of hydrogen-bond acceptors (Lipinski definition) is 5. The van der Waals surface area contributed by atoms with Gasteiger partial charge < -0.3 is 9.47 Å². The van der Waals surface area contributed by atoms with Crippen molar-refractivity contribution >= 4 is 23.3 Å². The van der Waals surface area contributed by atoms with Crippen molar-refractivity contribution in [3.8, 4) is 0 Å². The SMILES string of the molecule is COC(=O)C/C(=N\c1cccc(C)c1F)C(=O)OC. The summed E-state index contributed by atoms with van der Waals surface area (Å²) in [6.45, 7) is 1.58. The van der Waals surface area contributed by atoms with Gasteiger partial charge in [0.25, 0.3) is 0 Å². The van der Waals surface area contributed by atoms with Crippen LogP contribution in [0.15, 0.2) is 23.2 Å². The molecule has 1 aromatic rings. The Kier molecular flexibility index (Phi) is 5.17. The quantitative estimate of drug-likeness (QED) is 0.617. The third-order valence-electron chi connectivity index (χ3n) is 2.39. The number of methoxy groups -OCH3 is 2. The van der Waals surface area contributed by atoms with Crippen LogP contribution in [0.5, 0.6) is 0 Å². The van der Waals surface area contributed by atoms with Gasteiger partial charge in [0.1, 0.15) is 5.71 Å². The van der Waals surface area contributed by atoms with Gasteiger partial charge in [-0.1, -0.05) is 12.1 Å². The molecule has 0 saturated carbocycles. The topological polar surface area (TPSA) is 65.0 Å². The minimum absolute atomic E-state index is 0.0238. The molecule has 1 aromatic carbocycles. The van der Waals surface area contributed by atoms with Gasteiger partial charge in [0, 0.05) is 0 Å². The van der Waals surface area contributed by atoms with E-state index >= 15 is 0 Å². The van der Waals surface area contributed by atoms with Gasteiger partial charge in [0.05, 0.1) is 26.3 Å². The lowest BCUT2D eigenvalue weighted by Crippen LogP contribution is -2.20. The molecule has 0 aromatic heterocycles. The van der Waals surface area contributed by atoms with E-state index in [1.165, 1.54) is 13.2 Å². The molecule has 0 amide bonds. The van der Waals surface area contributed by atoms with E-state index in [-0.39, 0.29) is 17.8 Å². The normalized spacial score (nSPS) is 11.1. The van der Waals surface area contributed by atoms with Gasteiger partial charge in [-0.15, -0.1) is 0 Å². The average molecular weight is 267 g/mol. The number of hydrogen-bond donors (Lipinski definition) is 0. The van der Waals surface area contributed by atoms with Crippen molar-refractivity contribution in [2.24, 2.45) is 4.99 Å². The predicted molar refractivity (Wildman–Crippen MR) is 66.9 cm³/mol. The second-order valence-corrected chi connectivity index (χ2v) is 3.71. The van der Waals surface area contributed by atoms with Crippen molar-refractivity contribution in [1.29, 1.82) is 0 Å². The van der Waals surface area contributed by atoms with E-state index in [9.17, 15) is 14.0 Å². The van der Waals surface area contributed by atoms with Crippen molar-refractivity contribution in [3.05, 3.63) is 29.6 Å². The van der Waals surface area contributed by atoms with E-state index < -0.39 is 17.8 Å². The van der Waals surface area contributed by atoms with Crippen LogP contribution in [-0.4, -0.2) is 31.9 Å². The first-order chi connectivity index (χ1) is 8.99. The Balaban J connectivity index is 3.16. The Labute approximate surface area is 110 Å². The molecule has 0 radical (unpaired) electrons. The summed E-state index contributed by atoms with van der Waals surface area (Å²) < 4.78 is 22.7. The van der Waals surface area contributed by atoms with Crippen LogP contribution >= 0.6 is 0 Å². The summed E-state index contributed by atoms with van der Waals surface area (Å²) in [6, 6.07) is 4.58. The van der Waals surface area contributed by atoms with E-state index in [4.69, 9.17) is 0 Å². The van der Waals surface area contributed by atoms with E-state index in [2.05, 4.69) is 14.5 Å². The van der Waals surface area contributed by atoms with Crippen LogP contribution < -0.4 is 0 Å². The molecule has 6 heteroatoms. The highest BCUT2D eigenvalue weighted by Crippen LogP contribution is 2.21. The lowest BCUT2D eigenvalue weighted by Gasteiger charge is -2.05. The number of rotatable bonds is 4. The van der Waals surface area contributed by atoms with Crippen molar-refractivity contribution in [2.45, 2.75) is 13.3 Å². The van der Waals surface area contributed by atoms with Gasteiger partial charge in [-0.25, -0.2) is 14.2 Å². The highest BCUT2D eigenvalue weighted by molar-refractivity contribution is 6.39. The third-order valence-corrected chi connectivity index (χ3v) is 2.39. The van der Waals surface area contributed by atoms with Crippen molar-refractivity contribution in [2.75, 3.05) is 14.2 Å². The van der Waals surface area contributed by atoms with E-state index in [0.29, 0.717) is 5.56 Å². The molecule has 0 aliphatic heterocycles. The molecule has 0 fully saturated rings. The Morgan fingerprint density at radius 1 is 1.26 bits per heavy atom. The molecule has 19 heavy (non-hydrogen) atoms. The zero-order valence-electron chi connectivity index (χ0n) is 10.9. The lowest BCUT2D eigenvalue weighted by molar-refractivity contribution is -0.140. The number of nitrogens with zero attached hydrogens (tertiary/aromatic N) is 1. The van der Waals surface area contributed by atoms with Crippen LogP contribution in [-0.2, 0) is 19.1 Å². The Morgan fingerprint density at radius 3 is 2.53 bits per heavy atom. The summed E-state index contributed by atoms with van der Waals surface area (Å²) in [5.41, 5.74) is 0.159. The summed E-state index contributed by atoms with van der Waals surface area (Å²) in [5, 5.41) is 0. The molecule has 0 spiro atoms. The van der Waals surface area contributed by atoms with Crippen molar-refractivity contribution in [3.63, 3.8) is 0 Å². The summed E-state index contributed by atoms with van der Waals surface area (Å²) >= 11 is 0. The van der Waals surface area contributed by atoms with Crippen LogP contribution in [0.1, 0.15) is 12.0 Å². The third kappa shape index (κ3) is 3.87. The maximum atomic E-state index is 13.8. The largest absolute Gasteiger partial charge is 0.469 e. The van der Waals surface area contributed by atoms with Gasteiger partial charge in [0.15, 0.2) is 5.82 Å². The van der Waals surface area contributed by atoms with Crippen LogP contribution in [0.4, 0.5) is 10.1 Å². The van der Waals surface area contributed by atoms with Crippen LogP contribution in [0.25, 0.3) is 0 Å². The predicted octanol–water partition coefficient (Wildman–Crippen LogP) is 1.94. The first kappa shape index (κ1) is 14.8. The Bertz CT molecular complexity index is 525. The Morgan fingerprint density at radius 2 is 1.95 bits per heavy atom. The second-order valence-electron chi connectivity index (χ2n) is 3.71. The molecule has 0 saturated heterocycles. The van der Waals surface area contributed by atoms with Gasteiger partial charge in [0.2, 0.25) is 0 Å². The lowest BCUT2D eigenvalue weighted by atomic mass is 10.2. The van der Waals surface area contributed by atoms with Crippen molar-refractivity contribution in [1.82, 2.24) is 0 Å². The molecule has 0 aliphatic rings. The molecule has 1 rings (SSSR count). The van der Waals surface area contributed by atoms with Gasteiger partial charge >= 0.3 is 11.9 Å². The summed E-state index contributed by atoms with van der Waals surface area (Å²) in [4.78, 5) is 26.5. The average Bonchev–Trinajstić information content (AvgIpc) is 2.41. The van der Waals surface area contributed by atoms with Gasteiger partial charge in [-0.3, -0.25) is 4.79 Å². The maximum Gasteiger partial charge on any atom is 0.353 e. The highest BCUT2D eigenvalue weighted by atomic mass is 19.1. The molecule has 0 N–H and O–H groups in total. The minimum Gasteiger partial charge on any atom is -0.469 e. The van der Waals surface area contributed by atoms with Crippen LogP contribution in [0, 0.1) is 12.7 Å². The highest BCUT2D eigenvalue weighted by Gasteiger charge is 2.18. The Hall–Kier alpha value is -2.24. The number of aryl methyl sites for hydroxylation is 1. The molecule has 102 valence electrons. The molecule has 0 unspecified atom stereocenters. The zero-order valence-corrected chi connectivity index (χ0v) is 10.9. The zero-order chi connectivity index (χ0) is 14.4. The smallest absolute Gasteiger partial charge is 0.353 e. The minimum atomic E-state index is -0.800. The monoisotopic (exact) mass is 267 g/mol. The first-order valence-corrected chi connectivity index (χ1v) is 5.47. The standard InChI is InChI=1S/C13H14FNO4/c1-8-5-4-6-9(12(8)14)15-10(13(17)19-3)7-11(16)18-2/h4-6H,7H2,1-3H3/b15-10+. The fourth-order valence-electron chi connectivity index (χ4n) is 1.35. The van der Waals surface area contributed by atoms with Gasteiger partial charge in [-0.05, 0) is 18.6 Å². The number of esters is 2. The fourth-order valence-corrected chi connectivity index (χ4v) is 1.35. The van der Waals surface area contributed by atoms with Crippen LogP contribution in [0.3, 0.4) is 0 Å². The second kappa shape index (κ2) is 6.63. The van der Waals surface area contributed by atoms with Gasteiger partial charge in [-0.2, -0.15) is 0 Å². The number of benzene rings is 1. The molecule has 0 atom stereocenters. The number of carbonyl (C=O) groups excluding carboxylic acids is 2. The van der Waals surface area contributed by atoms with E-state index in [0.717, 1.165) is 7.11 Å². The molecular formula is C13H14FNO4. The molecular weight excluding hydrogens is 253 g/mol. The van der Waals surface area contributed by atoms with Crippen LogP contribution in [0.2, 0.25) is 0 Å². The molecule has 0 bridgehead atoms. The fraction of sp³-hybridized carbons (Fsp3) is 0.308. The maximum absolute atomic E-state index is 13.8. The first-order valence-electron chi connectivity index (χ1n) is 5.47. The number of ether oxygens (including phenoxy) is 2. The summed E-state index contributed by atoms with van der Waals surface area (Å²) in [7, 11) is 2.34. The number of halogens is 1.